The van der Waals surface area contributed by atoms with Gasteiger partial charge in [-0.1, -0.05) is 13.8 Å². The van der Waals surface area contributed by atoms with Crippen LogP contribution >= 0.6 is 0 Å². The smallest absolute Gasteiger partial charge is 0.308 e. The molecule has 0 unspecified atom stereocenters. The molecule has 260 valence electrons. The molecule has 9 nitrogen and oxygen atoms in total. The molecule has 0 radical (unpaired) electrons. The number of rotatable bonds is 14. The molecule has 2 atom stereocenters. The topological polar surface area (TPSA) is 103 Å². The monoisotopic (exact) mass is 666 g/mol. The van der Waals surface area contributed by atoms with Gasteiger partial charge in [0, 0.05) is 37.7 Å². The number of hydrogen-bond donors (Lipinski definition) is 1. The van der Waals surface area contributed by atoms with Crippen molar-refractivity contribution >= 4 is 11.9 Å². The molecular formula is C37H48F2N4O5. The quantitative estimate of drug-likeness (QED) is 0.214. The van der Waals surface area contributed by atoms with Crippen LogP contribution in [0.25, 0.3) is 11.1 Å². The number of ether oxygens (including phenoxy) is 2. The third kappa shape index (κ3) is 8.66. The van der Waals surface area contributed by atoms with Crippen LogP contribution in [0.4, 0.5) is 8.78 Å². The molecular weight excluding hydrogens is 618 g/mol. The molecule has 48 heavy (non-hydrogen) atoms. The summed E-state index contributed by atoms with van der Waals surface area (Å²) >= 11 is 0. The summed E-state index contributed by atoms with van der Waals surface area (Å²) in [5.41, 5.74) is 4.83. The van der Waals surface area contributed by atoms with Gasteiger partial charge < -0.3 is 14.8 Å². The lowest BCUT2D eigenvalue weighted by Gasteiger charge is -2.34. The Labute approximate surface area is 281 Å². The molecule has 1 saturated heterocycles. The highest BCUT2D eigenvalue weighted by atomic mass is 19.1. The van der Waals surface area contributed by atoms with Gasteiger partial charge in [0.1, 0.15) is 23.8 Å². The van der Waals surface area contributed by atoms with Gasteiger partial charge in [0.25, 0.3) is 5.56 Å². The average Bonchev–Trinajstić information content (AvgIpc) is 2.99. The van der Waals surface area contributed by atoms with E-state index in [-0.39, 0.29) is 30.9 Å². The number of carbonyl (C=O) groups is 2. The third-order valence-corrected chi connectivity index (χ3v) is 8.80. The molecule has 4 rings (SSSR count). The summed E-state index contributed by atoms with van der Waals surface area (Å²) in [5, 5.41) is 7.54. The lowest BCUT2D eigenvalue weighted by molar-refractivity contribution is -0.144. The number of nitrogens with one attached hydrogen (secondary N) is 1. The molecule has 3 aromatic rings. The summed E-state index contributed by atoms with van der Waals surface area (Å²) in [6, 6.07) is 6.55. The number of hydrogen-bond acceptors (Lipinski definition) is 7. The minimum Gasteiger partial charge on any atom is -0.497 e. The number of halogens is 2. The van der Waals surface area contributed by atoms with Gasteiger partial charge in [-0.25, -0.2) is 13.5 Å². The first-order valence-electron chi connectivity index (χ1n) is 16.6. The van der Waals surface area contributed by atoms with Crippen molar-refractivity contribution in [2.75, 3.05) is 33.4 Å². The summed E-state index contributed by atoms with van der Waals surface area (Å²) in [7, 11) is 1.60. The lowest BCUT2D eigenvalue weighted by atomic mass is 9.90. The Balaban J connectivity index is 1.74. The van der Waals surface area contributed by atoms with Crippen LogP contribution in [0.3, 0.4) is 0 Å². The minimum absolute atomic E-state index is 0.00591. The van der Waals surface area contributed by atoms with Crippen LogP contribution in [0, 0.1) is 39.4 Å². The Morgan fingerprint density at radius 3 is 2.27 bits per heavy atom. The molecule has 1 aliphatic heterocycles. The maximum Gasteiger partial charge on any atom is 0.308 e. The van der Waals surface area contributed by atoms with Crippen molar-refractivity contribution in [1.29, 1.82) is 0 Å². The van der Waals surface area contributed by atoms with E-state index in [4.69, 9.17) is 9.47 Å². The van der Waals surface area contributed by atoms with E-state index in [1.165, 1.54) is 10.7 Å². The first kappa shape index (κ1) is 36.7. The molecule has 1 fully saturated rings. The number of methoxy groups -OCH3 is 1. The zero-order valence-electron chi connectivity index (χ0n) is 29.3. The number of aryl methyl sites for hydroxylation is 4. The first-order chi connectivity index (χ1) is 22.7. The Morgan fingerprint density at radius 2 is 1.69 bits per heavy atom. The van der Waals surface area contributed by atoms with Crippen LogP contribution in [0.1, 0.15) is 79.2 Å². The number of benzene rings is 2. The van der Waals surface area contributed by atoms with Crippen molar-refractivity contribution in [3.8, 4) is 16.9 Å². The molecule has 1 aliphatic rings. The van der Waals surface area contributed by atoms with Gasteiger partial charge >= 0.3 is 5.97 Å². The van der Waals surface area contributed by atoms with Crippen molar-refractivity contribution in [2.24, 2.45) is 5.92 Å². The van der Waals surface area contributed by atoms with Crippen LogP contribution in [0.15, 0.2) is 35.1 Å². The van der Waals surface area contributed by atoms with E-state index in [2.05, 4.69) is 10.4 Å². The van der Waals surface area contributed by atoms with Gasteiger partial charge in [0.15, 0.2) is 0 Å². The van der Waals surface area contributed by atoms with Crippen LogP contribution in [0.2, 0.25) is 0 Å². The predicted octanol–water partition coefficient (Wildman–Crippen LogP) is 5.89. The maximum absolute atomic E-state index is 16.0. The standard InChI is InChI=1S/C37H48F2N4O5/c1-9-48-34(45)18-31(29-17-26(13-25(7)36(29)39)35-23(5)14-28(47-8)15-24(35)6)40-37(46)32(12-21(2)3)43-33(44)16-22(4)30(41-43)10-11-42-19-27(38)20-42/h13-17,21,27,31-32H,9-12,18-20H2,1-8H3,(H,40,46)/t31-,32-/m0/s1. The summed E-state index contributed by atoms with van der Waals surface area (Å²) in [6.07, 6.45) is -0.383. The third-order valence-electron chi connectivity index (χ3n) is 8.80. The van der Waals surface area contributed by atoms with Crippen molar-refractivity contribution in [2.45, 2.75) is 86.0 Å². The lowest BCUT2D eigenvalue weighted by Crippen LogP contribution is -2.49. The summed E-state index contributed by atoms with van der Waals surface area (Å²) in [6.45, 7) is 14.3. The van der Waals surface area contributed by atoms with E-state index in [1.54, 1.807) is 40.0 Å². The highest BCUT2D eigenvalue weighted by Crippen LogP contribution is 2.35. The normalized spacial score (nSPS) is 14.8. The van der Waals surface area contributed by atoms with Gasteiger partial charge in [-0.3, -0.25) is 19.3 Å². The molecule has 0 spiro atoms. The number of aromatic nitrogens is 2. The summed E-state index contributed by atoms with van der Waals surface area (Å²) in [4.78, 5) is 42.3. The molecule has 0 bridgehead atoms. The molecule has 1 aromatic heterocycles. The van der Waals surface area contributed by atoms with Crippen LogP contribution < -0.4 is 15.6 Å². The number of nitrogens with zero attached hydrogens (tertiary/aromatic N) is 3. The van der Waals surface area contributed by atoms with E-state index in [0.717, 1.165) is 22.3 Å². The Bertz CT molecular complexity index is 1680. The van der Waals surface area contributed by atoms with Gasteiger partial charge in [-0.15, -0.1) is 0 Å². The van der Waals surface area contributed by atoms with Crippen LogP contribution in [-0.4, -0.2) is 66.1 Å². The molecule has 1 N–H and O–H groups in total. The Morgan fingerprint density at radius 1 is 1.02 bits per heavy atom. The largest absolute Gasteiger partial charge is 0.497 e. The fourth-order valence-corrected chi connectivity index (χ4v) is 6.37. The predicted molar refractivity (Wildman–Crippen MR) is 181 cm³/mol. The molecule has 0 aliphatic carbocycles. The minimum atomic E-state index is -1.09. The zero-order valence-corrected chi connectivity index (χ0v) is 29.3. The fourth-order valence-electron chi connectivity index (χ4n) is 6.37. The van der Waals surface area contributed by atoms with E-state index < -0.39 is 41.5 Å². The number of carbonyl (C=O) groups excluding carboxylic acids is 2. The maximum atomic E-state index is 16.0. The van der Waals surface area contributed by atoms with Crippen molar-refractivity contribution in [3.63, 3.8) is 0 Å². The van der Waals surface area contributed by atoms with E-state index in [0.29, 0.717) is 48.6 Å². The molecule has 2 aromatic carbocycles. The Hall–Kier alpha value is -4.12. The second-order valence-electron chi connectivity index (χ2n) is 13.2. The van der Waals surface area contributed by atoms with Gasteiger partial charge in [0.05, 0.1) is 31.9 Å². The Kier molecular flexibility index (Phi) is 12.1. The van der Waals surface area contributed by atoms with Crippen LogP contribution in [0.5, 0.6) is 5.75 Å². The molecule has 2 heterocycles. The molecule has 11 heteroatoms. The van der Waals surface area contributed by atoms with Crippen molar-refractivity contribution in [1.82, 2.24) is 20.0 Å². The second-order valence-corrected chi connectivity index (χ2v) is 13.2. The zero-order chi connectivity index (χ0) is 35.3. The molecule has 1 amide bonds. The number of alkyl halides is 1. The highest BCUT2D eigenvalue weighted by molar-refractivity contribution is 5.82. The average molecular weight is 667 g/mol. The number of likely N-dealkylation sites (tertiary alicyclic amines) is 1. The first-order valence-corrected chi connectivity index (χ1v) is 16.6. The summed E-state index contributed by atoms with van der Waals surface area (Å²) < 4.78 is 41.2. The van der Waals surface area contributed by atoms with E-state index in [9.17, 15) is 18.8 Å². The molecule has 0 saturated carbocycles. The summed E-state index contributed by atoms with van der Waals surface area (Å²) in [5.74, 6) is -1.02. The number of amides is 1. The van der Waals surface area contributed by atoms with Gasteiger partial charge in [0.2, 0.25) is 5.91 Å². The van der Waals surface area contributed by atoms with E-state index >= 15 is 4.39 Å². The fraction of sp³-hybridized carbons (Fsp3) is 0.514. The van der Waals surface area contributed by atoms with Gasteiger partial charge in [-0.05, 0) is 105 Å². The number of esters is 1. The van der Waals surface area contributed by atoms with Crippen molar-refractivity contribution in [3.05, 3.63) is 80.0 Å². The van der Waals surface area contributed by atoms with Gasteiger partial charge in [-0.2, -0.15) is 5.10 Å². The second kappa shape index (κ2) is 15.9. The highest BCUT2D eigenvalue weighted by Gasteiger charge is 2.31. The van der Waals surface area contributed by atoms with Crippen LogP contribution in [-0.2, 0) is 20.7 Å². The van der Waals surface area contributed by atoms with E-state index in [1.807, 2.05) is 44.7 Å². The SMILES string of the molecule is CCOC(=O)C[C@H](NC(=O)[C@H](CC(C)C)n1nc(CCN2CC(F)C2)c(C)cc1=O)c1cc(-c2c(C)cc(OC)cc2C)cc(C)c1F. The van der Waals surface area contributed by atoms with Crippen molar-refractivity contribution < 1.29 is 27.8 Å².